The van der Waals surface area contributed by atoms with Crippen molar-refractivity contribution in [1.82, 2.24) is 10.3 Å². The van der Waals surface area contributed by atoms with Gasteiger partial charge in [0, 0.05) is 11.6 Å². The van der Waals surface area contributed by atoms with Crippen molar-refractivity contribution in [3.63, 3.8) is 0 Å². The van der Waals surface area contributed by atoms with Gasteiger partial charge in [-0.2, -0.15) is 0 Å². The van der Waals surface area contributed by atoms with E-state index < -0.39 is 0 Å². The fourth-order valence-corrected chi connectivity index (χ4v) is 4.28. The molecule has 0 saturated carbocycles. The summed E-state index contributed by atoms with van der Waals surface area (Å²) in [4.78, 5) is 2.65. The normalized spacial score (nSPS) is 26.0. The standard InChI is InChI=1S/C18H29N3/c1-3-18(2,21-10-6-7-11-21)17(20-19)13-15-12-14-8-4-5-9-16(14)15/h4-5,8-9,15,17,20H,3,6-7,10-13,19H2,1-2H3. The van der Waals surface area contributed by atoms with E-state index in [0.717, 1.165) is 12.8 Å². The van der Waals surface area contributed by atoms with Crippen LogP contribution >= 0.6 is 0 Å². The van der Waals surface area contributed by atoms with E-state index in [1.165, 1.54) is 43.5 Å². The Hall–Kier alpha value is -0.900. The molecule has 1 aromatic carbocycles. The van der Waals surface area contributed by atoms with Crippen molar-refractivity contribution in [2.24, 2.45) is 5.84 Å². The summed E-state index contributed by atoms with van der Waals surface area (Å²) < 4.78 is 0. The molecule has 1 aromatic rings. The average molecular weight is 287 g/mol. The molecule has 1 aliphatic heterocycles. The third-order valence-corrected chi connectivity index (χ3v) is 5.98. The van der Waals surface area contributed by atoms with Crippen LogP contribution in [0.4, 0.5) is 0 Å². The van der Waals surface area contributed by atoms with Crippen molar-refractivity contribution in [3.8, 4) is 0 Å². The van der Waals surface area contributed by atoms with Crippen LogP contribution in [-0.4, -0.2) is 29.6 Å². The van der Waals surface area contributed by atoms with Gasteiger partial charge in [-0.3, -0.25) is 16.2 Å². The molecule has 1 heterocycles. The molecule has 0 amide bonds. The van der Waals surface area contributed by atoms with Gasteiger partial charge >= 0.3 is 0 Å². The Morgan fingerprint density at radius 2 is 2.05 bits per heavy atom. The first-order valence-corrected chi connectivity index (χ1v) is 8.48. The zero-order valence-corrected chi connectivity index (χ0v) is 13.4. The highest BCUT2D eigenvalue weighted by atomic mass is 15.3. The lowest BCUT2D eigenvalue weighted by Crippen LogP contribution is -2.60. The Labute approximate surface area is 128 Å². The molecule has 0 radical (unpaired) electrons. The summed E-state index contributed by atoms with van der Waals surface area (Å²) >= 11 is 0. The van der Waals surface area contributed by atoms with Crippen LogP contribution in [0.25, 0.3) is 0 Å². The first-order chi connectivity index (χ1) is 10.2. The highest BCUT2D eigenvalue weighted by molar-refractivity contribution is 5.40. The maximum absolute atomic E-state index is 5.97. The molecule has 0 bridgehead atoms. The lowest BCUT2D eigenvalue weighted by Gasteiger charge is -2.46. The maximum atomic E-state index is 5.97. The lowest BCUT2D eigenvalue weighted by molar-refractivity contribution is 0.0759. The Balaban J connectivity index is 1.72. The van der Waals surface area contributed by atoms with Crippen molar-refractivity contribution in [2.45, 2.75) is 63.5 Å². The number of hydrogen-bond acceptors (Lipinski definition) is 3. The summed E-state index contributed by atoms with van der Waals surface area (Å²) in [5.41, 5.74) is 6.40. The van der Waals surface area contributed by atoms with Crippen molar-refractivity contribution in [3.05, 3.63) is 35.4 Å². The highest BCUT2D eigenvalue weighted by Crippen LogP contribution is 2.41. The van der Waals surface area contributed by atoms with Crippen LogP contribution in [0.3, 0.4) is 0 Å². The largest absolute Gasteiger partial charge is 0.296 e. The van der Waals surface area contributed by atoms with E-state index in [1.807, 2.05) is 0 Å². The van der Waals surface area contributed by atoms with E-state index in [2.05, 4.69) is 48.4 Å². The quantitative estimate of drug-likeness (QED) is 0.624. The van der Waals surface area contributed by atoms with Crippen LogP contribution < -0.4 is 11.3 Å². The van der Waals surface area contributed by atoms with E-state index in [9.17, 15) is 0 Å². The molecular formula is C18H29N3. The molecule has 1 aliphatic carbocycles. The molecule has 3 nitrogen and oxygen atoms in total. The number of likely N-dealkylation sites (tertiary alicyclic amines) is 1. The second-order valence-corrected chi connectivity index (χ2v) is 6.96. The molecule has 3 rings (SSSR count). The Morgan fingerprint density at radius 3 is 2.67 bits per heavy atom. The first kappa shape index (κ1) is 15.0. The average Bonchev–Trinajstić information content (AvgIpc) is 3.03. The third-order valence-electron chi connectivity index (χ3n) is 5.98. The van der Waals surface area contributed by atoms with Gasteiger partial charge in [-0.1, -0.05) is 31.2 Å². The van der Waals surface area contributed by atoms with Crippen LogP contribution in [0.15, 0.2) is 24.3 Å². The van der Waals surface area contributed by atoms with Crippen molar-refractivity contribution >= 4 is 0 Å². The van der Waals surface area contributed by atoms with Gasteiger partial charge in [-0.15, -0.1) is 0 Å². The molecule has 3 atom stereocenters. The fraction of sp³-hybridized carbons (Fsp3) is 0.667. The molecule has 116 valence electrons. The number of nitrogens with zero attached hydrogens (tertiary/aromatic N) is 1. The predicted molar refractivity (Wildman–Crippen MR) is 88.1 cm³/mol. The summed E-state index contributed by atoms with van der Waals surface area (Å²) in [7, 11) is 0. The topological polar surface area (TPSA) is 41.3 Å². The molecule has 2 aliphatic rings. The van der Waals surface area contributed by atoms with Gasteiger partial charge in [-0.25, -0.2) is 0 Å². The van der Waals surface area contributed by atoms with Gasteiger partial charge in [0.15, 0.2) is 0 Å². The summed E-state index contributed by atoms with van der Waals surface area (Å²) in [6.45, 7) is 7.15. The Kier molecular flexibility index (Phi) is 4.34. The molecule has 1 fully saturated rings. The minimum absolute atomic E-state index is 0.176. The van der Waals surface area contributed by atoms with Crippen LogP contribution in [0.5, 0.6) is 0 Å². The number of nitrogens with one attached hydrogen (secondary N) is 1. The molecule has 21 heavy (non-hydrogen) atoms. The van der Waals surface area contributed by atoms with Crippen molar-refractivity contribution < 1.29 is 0 Å². The predicted octanol–water partition coefficient (Wildman–Crippen LogP) is 2.81. The van der Waals surface area contributed by atoms with Gasteiger partial charge in [0.25, 0.3) is 0 Å². The van der Waals surface area contributed by atoms with Gasteiger partial charge in [0.1, 0.15) is 0 Å². The van der Waals surface area contributed by atoms with Crippen molar-refractivity contribution in [1.29, 1.82) is 0 Å². The monoisotopic (exact) mass is 287 g/mol. The molecule has 3 unspecified atom stereocenters. The SMILES string of the molecule is CCC(C)(C(CC1Cc2ccccc21)NN)N1CCCC1. The zero-order chi connectivity index (χ0) is 14.9. The smallest absolute Gasteiger partial charge is 0.0397 e. The highest BCUT2D eigenvalue weighted by Gasteiger charge is 2.41. The maximum Gasteiger partial charge on any atom is 0.0397 e. The summed E-state index contributed by atoms with van der Waals surface area (Å²) in [5.74, 6) is 6.65. The third kappa shape index (κ3) is 2.63. The lowest BCUT2D eigenvalue weighted by atomic mass is 9.71. The number of hydrogen-bond donors (Lipinski definition) is 2. The van der Waals surface area contributed by atoms with E-state index >= 15 is 0 Å². The Morgan fingerprint density at radius 1 is 1.33 bits per heavy atom. The molecule has 1 saturated heterocycles. The summed E-state index contributed by atoms with van der Waals surface area (Å²) in [5, 5.41) is 0. The van der Waals surface area contributed by atoms with E-state index in [0.29, 0.717) is 12.0 Å². The second-order valence-electron chi connectivity index (χ2n) is 6.96. The summed E-state index contributed by atoms with van der Waals surface area (Å²) in [6, 6.07) is 9.22. The molecule has 0 spiro atoms. The molecule has 0 aromatic heterocycles. The molecular weight excluding hydrogens is 258 g/mol. The molecule has 3 N–H and O–H groups in total. The second kappa shape index (κ2) is 6.07. The van der Waals surface area contributed by atoms with Crippen LogP contribution in [0.2, 0.25) is 0 Å². The minimum Gasteiger partial charge on any atom is -0.296 e. The number of hydrazine groups is 1. The Bertz CT molecular complexity index is 481. The first-order valence-electron chi connectivity index (χ1n) is 8.48. The number of benzene rings is 1. The fourth-order valence-electron chi connectivity index (χ4n) is 4.28. The van der Waals surface area contributed by atoms with E-state index in [-0.39, 0.29) is 5.54 Å². The van der Waals surface area contributed by atoms with E-state index in [1.54, 1.807) is 0 Å². The number of nitrogens with two attached hydrogens (primary N) is 1. The molecule has 3 heteroatoms. The van der Waals surface area contributed by atoms with Crippen LogP contribution in [-0.2, 0) is 6.42 Å². The van der Waals surface area contributed by atoms with Gasteiger partial charge < -0.3 is 0 Å². The zero-order valence-electron chi connectivity index (χ0n) is 13.4. The van der Waals surface area contributed by atoms with E-state index in [4.69, 9.17) is 5.84 Å². The van der Waals surface area contributed by atoms with Gasteiger partial charge in [0.05, 0.1) is 0 Å². The van der Waals surface area contributed by atoms with Crippen LogP contribution in [0.1, 0.15) is 56.6 Å². The summed E-state index contributed by atoms with van der Waals surface area (Å²) in [6.07, 6.45) is 6.18. The van der Waals surface area contributed by atoms with Crippen LogP contribution in [0, 0.1) is 0 Å². The number of fused-ring (bicyclic) bond motifs is 1. The van der Waals surface area contributed by atoms with Gasteiger partial charge in [0.2, 0.25) is 0 Å². The van der Waals surface area contributed by atoms with Crippen molar-refractivity contribution in [2.75, 3.05) is 13.1 Å². The minimum atomic E-state index is 0.176. The van der Waals surface area contributed by atoms with Gasteiger partial charge in [-0.05, 0) is 69.2 Å². The number of rotatable bonds is 6.